The summed E-state index contributed by atoms with van der Waals surface area (Å²) >= 11 is 0. The largest absolute Gasteiger partial charge is 0.361 e. The number of rotatable bonds is 3. The molecular weight excluding hydrogens is 270 g/mol. The Balaban J connectivity index is 2.25. The molecule has 22 heavy (non-hydrogen) atoms. The van der Waals surface area contributed by atoms with Crippen LogP contribution in [0.2, 0.25) is 0 Å². The number of nitrogens with one attached hydrogen (secondary N) is 1. The molecule has 0 amide bonds. The highest BCUT2D eigenvalue weighted by molar-refractivity contribution is 5.84. The van der Waals surface area contributed by atoms with Crippen LogP contribution in [0, 0.1) is 35.5 Å². The Morgan fingerprint density at radius 1 is 0.909 bits per heavy atom. The van der Waals surface area contributed by atoms with E-state index in [-0.39, 0.29) is 5.92 Å². The quantitative estimate of drug-likeness (QED) is 0.781. The van der Waals surface area contributed by atoms with Gasteiger partial charge in [0.05, 0.1) is 12.1 Å². The molecule has 0 saturated carbocycles. The van der Waals surface area contributed by atoms with E-state index in [0.717, 1.165) is 27.6 Å². The third-order valence-corrected chi connectivity index (χ3v) is 4.09. The minimum atomic E-state index is -0.722. The number of nitrogens with zero attached hydrogens (tertiary/aromatic N) is 2. The third kappa shape index (κ3) is 2.24. The summed E-state index contributed by atoms with van der Waals surface area (Å²) in [6.07, 6.45) is 1.92. The molecule has 0 bridgehead atoms. The van der Waals surface area contributed by atoms with Crippen LogP contribution in [-0.4, -0.2) is 4.98 Å². The Bertz CT molecular complexity index is 879. The number of aromatic amines is 1. The number of para-hydroxylation sites is 1. The zero-order valence-electron chi connectivity index (χ0n) is 12.2. The van der Waals surface area contributed by atoms with E-state index in [1.54, 1.807) is 0 Å². The number of fused-ring (bicyclic) bond motifs is 1. The predicted molar refractivity (Wildman–Crippen MR) is 86.0 cm³/mol. The SMILES string of the molecule is Cc1ccccc1C(c1c[nH]c2ccccc12)C(C#N)C#N. The third-order valence-electron chi connectivity index (χ3n) is 4.09. The smallest absolute Gasteiger partial charge is 0.144 e. The summed E-state index contributed by atoms with van der Waals surface area (Å²) in [4.78, 5) is 3.24. The molecule has 1 N–H and O–H groups in total. The molecule has 0 fully saturated rings. The highest BCUT2D eigenvalue weighted by Crippen LogP contribution is 2.37. The average molecular weight is 285 g/mol. The Labute approximate surface area is 129 Å². The molecule has 1 unspecified atom stereocenters. The fourth-order valence-corrected chi connectivity index (χ4v) is 2.99. The fourth-order valence-electron chi connectivity index (χ4n) is 2.99. The second-order valence-electron chi connectivity index (χ2n) is 5.36. The van der Waals surface area contributed by atoms with Gasteiger partial charge in [0, 0.05) is 23.0 Å². The van der Waals surface area contributed by atoms with Crippen molar-refractivity contribution in [1.29, 1.82) is 10.5 Å². The van der Waals surface area contributed by atoms with Crippen LogP contribution in [0.4, 0.5) is 0 Å². The molecule has 1 heterocycles. The number of aryl methyl sites for hydroxylation is 1. The fraction of sp³-hybridized carbons (Fsp3) is 0.158. The van der Waals surface area contributed by atoms with E-state index in [1.807, 2.05) is 61.7 Å². The van der Waals surface area contributed by atoms with Crippen LogP contribution >= 0.6 is 0 Å². The molecule has 1 aromatic heterocycles. The standard InChI is InChI=1S/C19H15N3/c1-13-6-2-3-7-15(13)19(14(10-20)11-21)17-12-22-18-9-5-4-8-16(17)18/h2-9,12,14,19,22H,1H3. The van der Waals surface area contributed by atoms with Gasteiger partial charge in [0.15, 0.2) is 0 Å². The number of benzene rings is 2. The first kappa shape index (κ1) is 13.9. The van der Waals surface area contributed by atoms with Crippen molar-refractivity contribution in [2.24, 2.45) is 5.92 Å². The van der Waals surface area contributed by atoms with Crippen molar-refractivity contribution in [3.63, 3.8) is 0 Å². The molecule has 3 heteroatoms. The number of nitriles is 2. The second kappa shape index (κ2) is 5.76. The molecule has 1 atom stereocenters. The van der Waals surface area contributed by atoms with Crippen LogP contribution in [0.25, 0.3) is 10.9 Å². The number of hydrogen-bond acceptors (Lipinski definition) is 2. The molecule has 0 aliphatic rings. The molecule has 3 aromatic rings. The van der Waals surface area contributed by atoms with Gasteiger partial charge in [-0.1, -0.05) is 42.5 Å². The normalized spacial score (nSPS) is 12.0. The summed E-state index contributed by atoms with van der Waals surface area (Å²) in [6.45, 7) is 2.02. The molecule has 0 aliphatic heterocycles. The van der Waals surface area contributed by atoms with Gasteiger partial charge < -0.3 is 4.98 Å². The number of H-pyrrole nitrogens is 1. The molecular formula is C19H15N3. The van der Waals surface area contributed by atoms with E-state index in [9.17, 15) is 10.5 Å². The van der Waals surface area contributed by atoms with Crippen LogP contribution in [0.1, 0.15) is 22.6 Å². The van der Waals surface area contributed by atoms with Crippen LogP contribution in [0.3, 0.4) is 0 Å². The van der Waals surface area contributed by atoms with E-state index in [2.05, 4.69) is 17.1 Å². The van der Waals surface area contributed by atoms with Gasteiger partial charge >= 0.3 is 0 Å². The van der Waals surface area contributed by atoms with E-state index in [4.69, 9.17) is 0 Å². The molecule has 3 nitrogen and oxygen atoms in total. The molecule has 0 radical (unpaired) electrons. The Kier molecular flexibility index (Phi) is 3.64. The highest BCUT2D eigenvalue weighted by atomic mass is 14.7. The maximum absolute atomic E-state index is 9.44. The van der Waals surface area contributed by atoms with Crippen LogP contribution in [0.5, 0.6) is 0 Å². The van der Waals surface area contributed by atoms with Crippen LogP contribution in [-0.2, 0) is 0 Å². The maximum atomic E-state index is 9.44. The lowest BCUT2D eigenvalue weighted by Crippen LogP contribution is -2.12. The Morgan fingerprint density at radius 3 is 2.32 bits per heavy atom. The van der Waals surface area contributed by atoms with E-state index < -0.39 is 5.92 Å². The summed E-state index contributed by atoms with van der Waals surface area (Å²) in [6, 6.07) is 20.2. The summed E-state index contributed by atoms with van der Waals surface area (Å²) < 4.78 is 0. The minimum absolute atomic E-state index is 0.257. The van der Waals surface area contributed by atoms with E-state index in [1.165, 1.54) is 0 Å². The first-order valence-electron chi connectivity index (χ1n) is 7.17. The van der Waals surface area contributed by atoms with Gasteiger partial charge in [-0.2, -0.15) is 10.5 Å². The minimum Gasteiger partial charge on any atom is -0.361 e. The van der Waals surface area contributed by atoms with Crippen molar-refractivity contribution in [1.82, 2.24) is 4.98 Å². The summed E-state index contributed by atoms with van der Waals surface area (Å²) in [5.74, 6) is -0.979. The maximum Gasteiger partial charge on any atom is 0.144 e. The van der Waals surface area contributed by atoms with Crippen molar-refractivity contribution in [2.45, 2.75) is 12.8 Å². The number of hydrogen-bond donors (Lipinski definition) is 1. The monoisotopic (exact) mass is 285 g/mol. The van der Waals surface area contributed by atoms with Gasteiger partial charge in [-0.25, -0.2) is 0 Å². The topological polar surface area (TPSA) is 63.4 Å². The molecule has 2 aromatic carbocycles. The van der Waals surface area contributed by atoms with Gasteiger partial charge in [-0.05, 0) is 29.7 Å². The first-order valence-corrected chi connectivity index (χ1v) is 7.17. The zero-order chi connectivity index (χ0) is 15.5. The highest BCUT2D eigenvalue weighted by Gasteiger charge is 2.28. The zero-order valence-corrected chi connectivity index (χ0v) is 12.2. The molecule has 0 spiro atoms. The van der Waals surface area contributed by atoms with E-state index >= 15 is 0 Å². The molecule has 3 rings (SSSR count). The van der Waals surface area contributed by atoms with Crippen molar-refractivity contribution in [3.8, 4) is 12.1 Å². The van der Waals surface area contributed by atoms with Crippen molar-refractivity contribution in [2.75, 3.05) is 0 Å². The van der Waals surface area contributed by atoms with Gasteiger partial charge in [0.1, 0.15) is 5.92 Å². The number of aromatic nitrogens is 1. The average Bonchev–Trinajstić information content (AvgIpc) is 2.97. The lowest BCUT2D eigenvalue weighted by atomic mass is 9.80. The molecule has 106 valence electrons. The van der Waals surface area contributed by atoms with Gasteiger partial charge in [0.25, 0.3) is 0 Å². The van der Waals surface area contributed by atoms with Crippen molar-refractivity contribution in [3.05, 3.63) is 71.4 Å². The molecule has 0 saturated heterocycles. The lowest BCUT2D eigenvalue weighted by molar-refractivity contribution is 0.709. The first-order chi connectivity index (χ1) is 10.8. The summed E-state index contributed by atoms with van der Waals surface area (Å²) in [5.41, 5.74) is 4.14. The van der Waals surface area contributed by atoms with Crippen LogP contribution < -0.4 is 0 Å². The van der Waals surface area contributed by atoms with E-state index in [0.29, 0.717) is 0 Å². The van der Waals surface area contributed by atoms with Gasteiger partial charge in [-0.3, -0.25) is 0 Å². The lowest BCUT2D eigenvalue weighted by Gasteiger charge is -2.20. The Morgan fingerprint density at radius 2 is 1.59 bits per heavy atom. The van der Waals surface area contributed by atoms with Gasteiger partial charge in [0.2, 0.25) is 0 Å². The van der Waals surface area contributed by atoms with Gasteiger partial charge in [-0.15, -0.1) is 0 Å². The molecule has 0 aliphatic carbocycles. The van der Waals surface area contributed by atoms with Crippen molar-refractivity contribution < 1.29 is 0 Å². The second-order valence-corrected chi connectivity index (χ2v) is 5.36. The predicted octanol–water partition coefficient (Wildman–Crippen LogP) is 4.27. The van der Waals surface area contributed by atoms with Crippen molar-refractivity contribution >= 4 is 10.9 Å². The summed E-state index contributed by atoms with van der Waals surface area (Å²) in [5, 5.41) is 19.9. The summed E-state index contributed by atoms with van der Waals surface area (Å²) in [7, 11) is 0. The van der Waals surface area contributed by atoms with Crippen LogP contribution in [0.15, 0.2) is 54.7 Å². The Hall–Kier alpha value is -3.04.